The van der Waals surface area contributed by atoms with Crippen LogP contribution in [0.3, 0.4) is 0 Å². The lowest BCUT2D eigenvalue weighted by molar-refractivity contribution is 0.376. The van der Waals surface area contributed by atoms with E-state index in [2.05, 4.69) is 12.1 Å². The molecule has 2 N–H and O–H groups in total. The Balaban J connectivity index is 1.79. The molecule has 0 aliphatic carbocycles. The molecule has 0 unspecified atom stereocenters. The van der Waals surface area contributed by atoms with E-state index >= 15 is 0 Å². The number of unbranched alkanes of at least 4 members (excludes halogenated alkanes) is 1. The second-order valence-corrected chi connectivity index (χ2v) is 7.59. The summed E-state index contributed by atoms with van der Waals surface area (Å²) in [7, 11) is -3.22. The molecule has 0 aromatic heterocycles. The maximum atomic E-state index is 10.2. The van der Waals surface area contributed by atoms with Gasteiger partial charge >= 0.3 is 8.56 Å². The molecule has 3 heteroatoms. The fourth-order valence-electron chi connectivity index (χ4n) is 2.19. The number of hydrogen-bond acceptors (Lipinski definition) is 2. The largest absolute Gasteiger partial charge is 0.407 e. The molecule has 0 bridgehead atoms. The molecule has 100 valence electrons. The molecular weight excluding hydrogens is 252 g/mol. The molecule has 0 amide bonds. The number of rotatable bonds is 6. The number of aryl methyl sites for hydroxylation is 1. The maximum absolute atomic E-state index is 10.2. The van der Waals surface area contributed by atoms with Gasteiger partial charge in [0.05, 0.1) is 0 Å². The molecule has 0 aliphatic rings. The SMILES string of the molecule is O[Si](O)(CCCCc1ccccc1)c1ccccc1. The third-order valence-corrected chi connectivity index (χ3v) is 5.63. The third-order valence-electron chi connectivity index (χ3n) is 3.32. The zero-order valence-corrected chi connectivity index (χ0v) is 12.0. The highest BCUT2D eigenvalue weighted by atomic mass is 28.4. The molecule has 2 nitrogen and oxygen atoms in total. The first kappa shape index (κ1) is 14.0. The van der Waals surface area contributed by atoms with Crippen LogP contribution >= 0.6 is 0 Å². The average molecular weight is 272 g/mol. The van der Waals surface area contributed by atoms with E-state index in [1.807, 2.05) is 48.5 Å². The summed E-state index contributed by atoms with van der Waals surface area (Å²) in [4.78, 5) is 20.4. The average Bonchev–Trinajstić information content (AvgIpc) is 2.46. The van der Waals surface area contributed by atoms with E-state index in [0.717, 1.165) is 19.3 Å². The zero-order chi connectivity index (χ0) is 13.6. The van der Waals surface area contributed by atoms with E-state index in [1.54, 1.807) is 0 Å². The zero-order valence-electron chi connectivity index (χ0n) is 11.0. The van der Waals surface area contributed by atoms with E-state index in [0.29, 0.717) is 11.2 Å². The van der Waals surface area contributed by atoms with Gasteiger partial charge in [-0.1, -0.05) is 67.1 Å². The normalized spacial score (nSPS) is 11.5. The predicted molar refractivity (Wildman–Crippen MR) is 80.5 cm³/mol. The molecule has 0 saturated heterocycles. The van der Waals surface area contributed by atoms with Crippen LogP contribution in [0.5, 0.6) is 0 Å². The van der Waals surface area contributed by atoms with Gasteiger partial charge in [-0.3, -0.25) is 0 Å². The molecule has 0 aliphatic heterocycles. The molecule has 2 aromatic carbocycles. The minimum atomic E-state index is -3.22. The summed E-state index contributed by atoms with van der Waals surface area (Å²) in [6, 6.07) is 20.0. The Hall–Kier alpha value is -1.42. The summed E-state index contributed by atoms with van der Waals surface area (Å²) in [5.74, 6) is 0. The van der Waals surface area contributed by atoms with E-state index in [1.165, 1.54) is 5.56 Å². The molecule has 19 heavy (non-hydrogen) atoms. The van der Waals surface area contributed by atoms with Gasteiger partial charge in [0.15, 0.2) is 0 Å². The first-order chi connectivity index (χ1) is 9.18. The van der Waals surface area contributed by atoms with Crippen LogP contribution in [-0.2, 0) is 6.42 Å². The van der Waals surface area contributed by atoms with Crippen molar-refractivity contribution in [2.24, 2.45) is 0 Å². The Morgan fingerprint density at radius 2 is 1.32 bits per heavy atom. The molecule has 0 atom stereocenters. The minimum Gasteiger partial charge on any atom is -0.407 e. The Morgan fingerprint density at radius 3 is 1.95 bits per heavy atom. The molecule has 0 fully saturated rings. The van der Waals surface area contributed by atoms with Gasteiger partial charge in [0.1, 0.15) is 0 Å². The minimum absolute atomic E-state index is 0.504. The lowest BCUT2D eigenvalue weighted by Crippen LogP contribution is -2.48. The van der Waals surface area contributed by atoms with Gasteiger partial charge in [-0.25, -0.2) is 0 Å². The Morgan fingerprint density at radius 1 is 0.737 bits per heavy atom. The Labute approximate surface area is 115 Å². The van der Waals surface area contributed by atoms with Crippen molar-refractivity contribution in [3.05, 3.63) is 66.2 Å². The van der Waals surface area contributed by atoms with Crippen LogP contribution in [0.25, 0.3) is 0 Å². The lowest BCUT2D eigenvalue weighted by atomic mass is 10.1. The summed E-state index contributed by atoms with van der Waals surface area (Å²) in [6.45, 7) is 0. The first-order valence-electron chi connectivity index (χ1n) is 6.73. The quantitative estimate of drug-likeness (QED) is 0.626. The summed E-state index contributed by atoms with van der Waals surface area (Å²) in [5, 5.41) is 0.703. The predicted octanol–water partition coefficient (Wildman–Crippen LogP) is 2.34. The monoisotopic (exact) mass is 272 g/mol. The van der Waals surface area contributed by atoms with Gasteiger partial charge < -0.3 is 9.59 Å². The summed E-state index contributed by atoms with van der Waals surface area (Å²) in [5.41, 5.74) is 1.31. The highest BCUT2D eigenvalue weighted by Crippen LogP contribution is 2.11. The second kappa shape index (κ2) is 6.66. The van der Waals surface area contributed by atoms with Gasteiger partial charge in [0.2, 0.25) is 0 Å². The molecule has 0 saturated carbocycles. The van der Waals surface area contributed by atoms with Gasteiger partial charge in [-0.15, -0.1) is 0 Å². The molecule has 0 radical (unpaired) electrons. The summed E-state index contributed by atoms with van der Waals surface area (Å²) < 4.78 is 0. The van der Waals surface area contributed by atoms with Crippen LogP contribution in [0.1, 0.15) is 18.4 Å². The first-order valence-corrected chi connectivity index (χ1v) is 8.83. The molecule has 0 spiro atoms. The van der Waals surface area contributed by atoms with Gasteiger partial charge in [-0.05, 0) is 29.6 Å². The van der Waals surface area contributed by atoms with E-state index < -0.39 is 8.56 Å². The van der Waals surface area contributed by atoms with Crippen LogP contribution in [0.15, 0.2) is 60.7 Å². The van der Waals surface area contributed by atoms with Crippen LogP contribution in [-0.4, -0.2) is 18.2 Å². The summed E-state index contributed by atoms with van der Waals surface area (Å²) >= 11 is 0. The van der Waals surface area contributed by atoms with E-state index in [-0.39, 0.29) is 0 Å². The Kier molecular flexibility index (Phi) is 4.91. The topological polar surface area (TPSA) is 40.5 Å². The highest BCUT2D eigenvalue weighted by molar-refractivity contribution is 6.78. The molecule has 0 heterocycles. The van der Waals surface area contributed by atoms with Crippen LogP contribution in [0, 0.1) is 0 Å². The lowest BCUT2D eigenvalue weighted by Gasteiger charge is -2.17. The number of benzene rings is 2. The van der Waals surface area contributed by atoms with Gasteiger partial charge in [0.25, 0.3) is 0 Å². The van der Waals surface area contributed by atoms with Crippen molar-refractivity contribution in [2.75, 3.05) is 0 Å². The smallest absolute Gasteiger partial charge is 0.367 e. The van der Waals surface area contributed by atoms with Crippen molar-refractivity contribution >= 4 is 13.7 Å². The third kappa shape index (κ3) is 4.31. The number of hydrogen-bond donors (Lipinski definition) is 2. The van der Waals surface area contributed by atoms with Crippen molar-refractivity contribution in [1.82, 2.24) is 0 Å². The van der Waals surface area contributed by atoms with Crippen molar-refractivity contribution in [3.63, 3.8) is 0 Å². The second-order valence-electron chi connectivity index (χ2n) is 4.88. The van der Waals surface area contributed by atoms with Crippen molar-refractivity contribution in [2.45, 2.75) is 25.3 Å². The van der Waals surface area contributed by atoms with E-state index in [9.17, 15) is 9.59 Å². The van der Waals surface area contributed by atoms with Gasteiger partial charge in [-0.2, -0.15) is 0 Å². The van der Waals surface area contributed by atoms with Crippen LogP contribution < -0.4 is 5.19 Å². The molecule has 2 rings (SSSR count). The van der Waals surface area contributed by atoms with E-state index in [4.69, 9.17) is 0 Å². The summed E-state index contributed by atoms with van der Waals surface area (Å²) in [6.07, 6.45) is 2.84. The fourth-order valence-corrected chi connectivity index (χ4v) is 3.95. The van der Waals surface area contributed by atoms with Crippen molar-refractivity contribution < 1.29 is 9.59 Å². The fraction of sp³-hybridized carbons (Fsp3) is 0.250. The van der Waals surface area contributed by atoms with Crippen LogP contribution in [0.4, 0.5) is 0 Å². The van der Waals surface area contributed by atoms with Gasteiger partial charge in [0, 0.05) is 0 Å². The highest BCUT2D eigenvalue weighted by Gasteiger charge is 2.30. The Bertz CT molecular complexity index is 483. The standard InChI is InChI=1S/C16H20O2Si/c17-19(18,16-12-5-2-6-13-16)14-8-7-11-15-9-3-1-4-10-15/h1-6,9-10,12-13,17-18H,7-8,11,14H2. The maximum Gasteiger partial charge on any atom is 0.367 e. The molecular formula is C16H20O2Si. The molecule has 2 aromatic rings. The van der Waals surface area contributed by atoms with Crippen molar-refractivity contribution in [3.8, 4) is 0 Å². The van der Waals surface area contributed by atoms with Crippen LogP contribution in [0.2, 0.25) is 6.04 Å². The van der Waals surface area contributed by atoms with Crippen molar-refractivity contribution in [1.29, 1.82) is 0 Å².